The van der Waals surface area contributed by atoms with Crippen molar-refractivity contribution >= 4 is 28.3 Å². The number of carbonyl (C=O) groups excluding carboxylic acids is 2. The van der Waals surface area contributed by atoms with Crippen LogP contribution in [-0.4, -0.2) is 35.9 Å². The summed E-state index contributed by atoms with van der Waals surface area (Å²) in [6, 6.07) is -0.723. The van der Waals surface area contributed by atoms with Gasteiger partial charge in [-0.3, -0.25) is 10.1 Å². The Morgan fingerprint density at radius 3 is 2.67 bits per heavy atom. The van der Waals surface area contributed by atoms with Crippen LogP contribution >= 0.6 is 10.5 Å². The van der Waals surface area contributed by atoms with Crippen molar-refractivity contribution in [2.75, 3.05) is 12.0 Å². The first kappa shape index (κ1) is 9.25. The molecule has 0 bridgehead atoms. The normalized spacial score (nSPS) is 24.9. The number of nitrogens with one attached hydrogen (secondary N) is 2. The van der Waals surface area contributed by atoms with Crippen molar-refractivity contribution in [3.63, 3.8) is 0 Å². The first-order chi connectivity index (χ1) is 5.59. The van der Waals surface area contributed by atoms with Crippen LogP contribution in [0.15, 0.2) is 0 Å². The summed E-state index contributed by atoms with van der Waals surface area (Å²) in [4.78, 5) is 21.6. The summed E-state index contributed by atoms with van der Waals surface area (Å²) in [6.07, 6.45) is 2.69. The zero-order valence-corrected chi connectivity index (χ0v) is 7.74. The van der Waals surface area contributed by atoms with Gasteiger partial charge in [-0.1, -0.05) is 5.87 Å². The number of urea groups is 1. The molecule has 5 heteroatoms. The van der Waals surface area contributed by atoms with E-state index in [0.29, 0.717) is 6.42 Å². The summed E-state index contributed by atoms with van der Waals surface area (Å²) >= 11 is 0. The number of carbonyl (C=O) groups is 2. The van der Waals surface area contributed by atoms with E-state index in [4.69, 9.17) is 0 Å². The van der Waals surface area contributed by atoms with Gasteiger partial charge >= 0.3 is 6.03 Å². The fraction of sp³-hybridized carbons (Fsp3) is 0.571. The van der Waals surface area contributed by atoms with Crippen LogP contribution in [0.2, 0.25) is 0 Å². The molecule has 1 heterocycles. The maximum absolute atomic E-state index is 11.0. The molecule has 2 N–H and O–H groups in total. The summed E-state index contributed by atoms with van der Waals surface area (Å²) in [5.41, 5.74) is 0. The van der Waals surface area contributed by atoms with Gasteiger partial charge in [0, 0.05) is 0 Å². The molecule has 1 rings (SSSR count). The molecule has 12 heavy (non-hydrogen) atoms. The van der Waals surface area contributed by atoms with E-state index >= 15 is 0 Å². The third kappa shape index (κ3) is 2.34. The van der Waals surface area contributed by atoms with Gasteiger partial charge in [0.2, 0.25) is 0 Å². The fourth-order valence-electron chi connectivity index (χ4n) is 0.981. The average Bonchev–Trinajstić information content (AvgIpc) is 2.26. The molecular weight excluding hydrogens is 176 g/mol. The number of imide groups is 1. The molecule has 0 aromatic carbocycles. The maximum Gasteiger partial charge on any atom is 0.322 e. The van der Waals surface area contributed by atoms with Gasteiger partial charge in [-0.2, -0.15) is 10.5 Å². The van der Waals surface area contributed by atoms with Crippen LogP contribution in [0.5, 0.6) is 0 Å². The number of amides is 3. The molecule has 1 fully saturated rings. The van der Waals surface area contributed by atoms with Crippen molar-refractivity contribution in [1.82, 2.24) is 10.6 Å². The predicted molar refractivity (Wildman–Crippen MR) is 50.6 cm³/mol. The molecule has 1 aliphatic heterocycles. The standard InChI is InChI=1S/C7H12N2O2S/c1-12(2)4-3-5-6(10)9-7(11)8-5/h5H,1,3-4H2,2H3,(H2,8,9,10,11). The predicted octanol–water partition coefficient (Wildman–Crippen LogP) is -0.0848. The minimum atomic E-state index is -0.384. The Morgan fingerprint density at radius 1 is 1.58 bits per heavy atom. The molecule has 68 valence electrons. The van der Waals surface area contributed by atoms with E-state index in [2.05, 4.69) is 16.5 Å². The molecule has 1 saturated heterocycles. The van der Waals surface area contributed by atoms with Crippen molar-refractivity contribution in [3.8, 4) is 0 Å². The second-order valence-electron chi connectivity index (χ2n) is 2.79. The number of hydrogen-bond acceptors (Lipinski definition) is 2. The zero-order valence-electron chi connectivity index (χ0n) is 6.92. The summed E-state index contributed by atoms with van der Waals surface area (Å²) < 4.78 is 0. The van der Waals surface area contributed by atoms with E-state index in [1.165, 1.54) is 0 Å². The van der Waals surface area contributed by atoms with E-state index in [0.717, 1.165) is 5.75 Å². The molecule has 0 radical (unpaired) electrons. The Labute approximate surface area is 73.6 Å². The molecular formula is C7H12N2O2S. The van der Waals surface area contributed by atoms with Gasteiger partial charge in [-0.05, 0) is 18.4 Å². The summed E-state index contributed by atoms with van der Waals surface area (Å²) in [5.74, 6) is 4.48. The first-order valence-corrected chi connectivity index (χ1v) is 5.60. The maximum atomic E-state index is 11.0. The van der Waals surface area contributed by atoms with Gasteiger partial charge in [0.25, 0.3) is 5.91 Å². The lowest BCUT2D eigenvalue weighted by molar-refractivity contribution is -0.120. The lowest BCUT2D eigenvalue weighted by Gasteiger charge is -2.05. The highest BCUT2D eigenvalue weighted by atomic mass is 32.2. The van der Waals surface area contributed by atoms with Crippen molar-refractivity contribution in [2.24, 2.45) is 0 Å². The Bertz CT molecular complexity index is 240. The second-order valence-corrected chi connectivity index (χ2v) is 4.76. The Morgan fingerprint density at radius 2 is 2.25 bits per heavy atom. The second kappa shape index (κ2) is 3.71. The minimum absolute atomic E-state index is 0.0809. The highest BCUT2D eigenvalue weighted by Crippen LogP contribution is 2.08. The van der Waals surface area contributed by atoms with Crippen LogP contribution in [0.3, 0.4) is 0 Å². The van der Waals surface area contributed by atoms with Crippen molar-refractivity contribution in [1.29, 1.82) is 0 Å². The quantitative estimate of drug-likeness (QED) is 0.480. The molecule has 0 aromatic heterocycles. The van der Waals surface area contributed by atoms with Crippen molar-refractivity contribution in [2.45, 2.75) is 12.5 Å². The molecule has 3 amide bonds. The smallest absolute Gasteiger partial charge is 0.322 e. The molecule has 1 aliphatic rings. The monoisotopic (exact) mass is 188 g/mol. The van der Waals surface area contributed by atoms with Crippen LogP contribution in [0, 0.1) is 0 Å². The first-order valence-electron chi connectivity index (χ1n) is 3.63. The van der Waals surface area contributed by atoms with Crippen LogP contribution in [-0.2, 0) is 4.79 Å². The van der Waals surface area contributed by atoms with E-state index < -0.39 is 0 Å². The number of rotatable bonds is 3. The van der Waals surface area contributed by atoms with E-state index in [9.17, 15) is 9.59 Å². The molecule has 2 atom stereocenters. The molecule has 0 aromatic rings. The van der Waals surface area contributed by atoms with Gasteiger partial charge in [0.15, 0.2) is 0 Å². The SMILES string of the molecule is C=S(C)CCC1NC(=O)NC1=O. The molecule has 0 saturated carbocycles. The Hall–Kier alpha value is -0.840. The van der Waals surface area contributed by atoms with Crippen LogP contribution in [0.1, 0.15) is 6.42 Å². The van der Waals surface area contributed by atoms with Crippen LogP contribution in [0.4, 0.5) is 4.79 Å². The molecule has 4 nitrogen and oxygen atoms in total. The largest absolute Gasteiger partial charge is 0.326 e. The average molecular weight is 188 g/mol. The molecule has 0 aliphatic carbocycles. The van der Waals surface area contributed by atoms with Crippen LogP contribution < -0.4 is 10.6 Å². The summed E-state index contributed by atoms with van der Waals surface area (Å²) in [6.45, 7) is 0. The number of hydrogen-bond donors (Lipinski definition) is 2. The Kier molecular flexibility index (Phi) is 2.86. The van der Waals surface area contributed by atoms with Gasteiger partial charge in [0.1, 0.15) is 6.04 Å². The van der Waals surface area contributed by atoms with Crippen molar-refractivity contribution < 1.29 is 9.59 Å². The van der Waals surface area contributed by atoms with E-state index in [1.54, 1.807) is 0 Å². The highest BCUT2D eigenvalue weighted by Gasteiger charge is 2.28. The third-order valence-electron chi connectivity index (χ3n) is 1.61. The minimum Gasteiger partial charge on any atom is -0.326 e. The zero-order chi connectivity index (χ0) is 9.14. The van der Waals surface area contributed by atoms with Gasteiger partial charge in [0.05, 0.1) is 0 Å². The van der Waals surface area contributed by atoms with Gasteiger partial charge in [-0.15, -0.1) is 0 Å². The lowest BCUT2D eigenvalue weighted by atomic mass is 10.2. The summed E-state index contributed by atoms with van der Waals surface area (Å²) in [5, 5.41) is 4.72. The van der Waals surface area contributed by atoms with Crippen LogP contribution in [0.25, 0.3) is 0 Å². The van der Waals surface area contributed by atoms with E-state index in [-0.39, 0.29) is 28.5 Å². The van der Waals surface area contributed by atoms with Gasteiger partial charge in [-0.25, -0.2) is 4.79 Å². The van der Waals surface area contributed by atoms with Crippen molar-refractivity contribution in [3.05, 3.63) is 0 Å². The summed E-state index contributed by atoms with van der Waals surface area (Å²) in [7, 11) is 0.0809. The lowest BCUT2D eigenvalue weighted by Crippen LogP contribution is -2.29. The van der Waals surface area contributed by atoms with E-state index in [1.807, 2.05) is 6.26 Å². The van der Waals surface area contributed by atoms with Gasteiger partial charge < -0.3 is 5.32 Å². The molecule has 2 unspecified atom stereocenters. The Balaban J connectivity index is 2.38. The fourth-order valence-corrected chi connectivity index (χ4v) is 1.62. The topological polar surface area (TPSA) is 58.2 Å². The third-order valence-corrected chi connectivity index (χ3v) is 2.55. The molecule has 0 spiro atoms. The highest BCUT2D eigenvalue weighted by molar-refractivity contribution is 8.13.